The van der Waals surface area contributed by atoms with Crippen molar-refractivity contribution in [2.45, 2.75) is 39.7 Å². The zero-order valence-corrected chi connectivity index (χ0v) is 13.5. The third-order valence-corrected chi connectivity index (χ3v) is 3.84. The van der Waals surface area contributed by atoms with Gasteiger partial charge >= 0.3 is 0 Å². The molecule has 1 aromatic heterocycles. The van der Waals surface area contributed by atoms with E-state index in [0.717, 1.165) is 30.4 Å². The Kier molecular flexibility index (Phi) is 6.99. The summed E-state index contributed by atoms with van der Waals surface area (Å²) in [6, 6.07) is 2.53. The van der Waals surface area contributed by atoms with E-state index in [-0.39, 0.29) is 0 Å². The second kappa shape index (κ2) is 8.25. The molecule has 0 saturated heterocycles. The maximum atomic E-state index is 4.63. The predicted molar refractivity (Wildman–Crippen MR) is 86.4 cm³/mol. The lowest BCUT2D eigenvalue weighted by Gasteiger charge is -2.26. The molecule has 0 saturated carbocycles. The van der Waals surface area contributed by atoms with E-state index in [2.05, 4.69) is 54.3 Å². The maximum absolute atomic E-state index is 4.63. The molecule has 0 aliphatic heterocycles. The highest BCUT2D eigenvalue weighted by atomic mass is 32.2. The van der Waals surface area contributed by atoms with Crippen molar-refractivity contribution in [2.24, 2.45) is 0 Å². The number of aromatic nitrogens is 2. The number of anilines is 2. The summed E-state index contributed by atoms with van der Waals surface area (Å²) in [5.74, 6) is 4.01. The molecule has 4 nitrogen and oxygen atoms in total. The number of hydrogen-bond acceptors (Lipinski definition) is 5. The van der Waals surface area contributed by atoms with Crippen LogP contribution in [0.25, 0.3) is 0 Å². The van der Waals surface area contributed by atoms with Gasteiger partial charge in [-0.3, -0.25) is 0 Å². The minimum Gasteiger partial charge on any atom is -0.370 e. The third kappa shape index (κ3) is 4.90. The Hall–Kier alpha value is -0.970. The monoisotopic (exact) mass is 282 g/mol. The summed E-state index contributed by atoms with van der Waals surface area (Å²) in [5.41, 5.74) is 0. The molecule has 0 bridgehead atoms. The average Bonchev–Trinajstić information content (AvgIpc) is 2.43. The summed E-state index contributed by atoms with van der Waals surface area (Å²) in [6.07, 6.45) is 4.18. The van der Waals surface area contributed by atoms with Gasteiger partial charge in [0.1, 0.15) is 17.5 Å². The summed E-state index contributed by atoms with van der Waals surface area (Å²) in [5, 5.41) is 3.28. The van der Waals surface area contributed by atoms with Crippen molar-refractivity contribution in [1.82, 2.24) is 9.97 Å². The molecule has 1 N–H and O–H groups in total. The van der Waals surface area contributed by atoms with Crippen LogP contribution >= 0.6 is 11.8 Å². The van der Waals surface area contributed by atoms with E-state index < -0.39 is 0 Å². The Balaban J connectivity index is 2.87. The van der Waals surface area contributed by atoms with Gasteiger partial charge in [0.2, 0.25) is 0 Å². The number of nitrogens with one attached hydrogen (secondary N) is 1. The first-order valence-corrected chi connectivity index (χ1v) is 8.35. The van der Waals surface area contributed by atoms with Gasteiger partial charge < -0.3 is 10.2 Å². The molecule has 1 heterocycles. The van der Waals surface area contributed by atoms with Crippen molar-refractivity contribution in [1.29, 1.82) is 0 Å². The number of thioether (sulfide) groups is 1. The Morgan fingerprint density at radius 3 is 2.68 bits per heavy atom. The van der Waals surface area contributed by atoms with Crippen LogP contribution < -0.4 is 10.2 Å². The second-order valence-corrected chi connectivity index (χ2v) is 5.64. The fourth-order valence-corrected chi connectivity index (χ4v) is 2.38. The molecule has 19 heavy (non-hydrogen) atoms. The summed E-state index contributed by atoms with van der Waals surface area (Å²) < 4.78 is 0. The maximum Gasteiger partial charge on any atom is 0.134 e. The molecule has 0 aliphatic rings. The van der Waals surface area contributed by atoms with Crippen LogP contribution in [0.5, 0.6) is 0 Å². The van der Waals surface area contributed by atoms with Gasteiger partial charge in [0.05, 0.1) is 0 Å². The van der Waals surface area contributed by atoms with E-state index in [0.29, 0.717) is 6.04 Å². The molecule has 0 spiro atoms. The van der Waals surface area contributed by atoms with E-state index in [1.165, 1.54) is 12.2 Å². The normalized spacial score (nSPS) is 12.3. The highest BCUT2D eigenvalue weighted by Crippen LogP contribution is 2.19. The zero-order chi connectivity index (χ0) is 14.3. The van der Waals surface area contributed by atoms with Gasteiger partial charge in [-0.25, -0.2) is 9.97 Å². The van der Waals surface area contributed by atoms with Crippen molar-refractivity contribution in [3.8, 4) is 0 Å². The number of aryl methyl sites for hydroxylation is 1. The molecular formula is C14H26N4S. The molecule has 108 valence electrons. The minimum atomic E-state index is 0.488. The SMILES string of the molecule is CCNc1cc(N(C)C(C)CCSC)nc(CC)n1. The fraction of sp³-hybridized carbons (Fsp3) is 0.714. The Morgan fingerprint density at radius 1 is 1.37 bits per heavy atom. The molecular weight excluding hydrogens is 256 g/mol. The molecule has 0 aliphatic carbocycles. The average molecular weight is 282 g/mol. The van der Waals surface area contributed by atoms with Gasteiger partial charge in [0.15, 0.2) is 0 Å². The fourth-order valence-electron chi connectivity index (χ4n) is 1.80. The number of hydrogen-bond donors (Lipinski definition) is 1. The van der Waals surface area contributed by atoms with Gasteiger partial charge in [0, 0.05) is 32.1 Å². The van der Waals surface area contributed by atoms with E-state index in [4.69, 9.17) is 0 Å². The van der Waals surface area contributed by atoms with Crippen molar-refractivity contribution >= 4 is 23.4 Å². The van der Waals surface area contributed by atoms with Gasteiger partial charge in [-0.15, -0.1) is 0 Å². The molecule has 1 atom stereocenters. The van der Waals surface area contributed by atoms with Gasteiger partial charge in [-0.1, -0.05) is 6.92 Å². The number of rotatable bonds is 8. The molecule has 1 unspecified atom stereocenters. The third-order valence-electron chi connectivity index (χ3n) is 3.20. The summed E-state index contributed by atoms with van der Waals surface area (Å²) >= 11 is 1.89. The van der Waals surface area contributed by atoms with Crippen LogP contribution in [0.2, 0.25) is 0 Å². The van der Waals surface area contributed by atoms with Crippen molar-refractivity contribution < 1.29 is 0 Å². The lowest BCUT2D eigenvalue weighted by Crippen LogP contribution is -2.30. The lowest BCUT2D eigenvalue weighted by molar-refractivity contribution is 0.659. The van der Waals surface area contributed by atoms with Crippen molar-refractivity contribution in [2.75, 3.05) is 35.8 Å². The first-order valence-electron chi connectivity index (χ1n) is 6.95. The summed E-state index contributed by atoms with van der Waals surface area (Å²) in [4.78, 5) is 11.4. The molecule has 0 fully saturated rings. The molecule has 0 aromatic carbocycles. The largest absolute Gasteiger partial charge is 0.370 e. The molecule has 1 aromatic rings. The summed E-state index contributed by atoms with van der Waals surface area (Å²) in [6.45, 7) is 7.30. The highest BCUT2D eigenvalue weighted by molar-refractivity contribution is 7.98. The second-order valence-electron chi connectivity index (χ2n) is 4.65. The first kappa shape index (κ1) is 16.1. The Bertz CT molecular complexity index is 384. The minimum absolute atomic E-state index is 0.488. The smallest absolute Gasteiger partial charge is 0.134 e. The lowest BCUT2D eigenvalue weighted by atomic mass is 10.2. The van der Waals surface area contributed by atoms with Crippen LogP contribution in [0.15, 0.2) is 6.07 Å². The standard InChI is InChI=1S/C14H26N4S/c1-6-12-16-13(15-7-2)10-14(17-12)18(4)11(3)8-9-19-5/h10-11H,6-9H2,1-5H3,(H,15,16,17). The Morgan fingerprint density at radius 2 is 2.11 bits per heavy atom. The van der Waals surface area contributed by atoms with Gasteiger partial charge in [-0.05, 0) is 32.3 Å². The van der Waals surface area contributed by atoms with Crippen LogP contribution in [0, 0.1) is 0 Å². The highest BCUT2D eigenvalue weighted by Gasteiger charge is 2.13. The van der Waals surface area contributed by atoms with Crippen molar-refractivity contribution in [3.05, 3.63) is 11.9 Å². The van der Waals surface area contributed by atoms with Crippen LogP contribution in [-0.2, 0) is 6.42 Å². The predicted octanol–water partition coefficient (Wildman–Crippen LogP) is 3.05. The van der Waals surface area contributed by atoms with Crippen LogP contribution in [0.3, 0.4) is 0 Å². The quantitative estimate of drug-likeness (QED) is 0.793. The number of nitrogens with zero attached hydrogens (tertiary/aromatic N) is 3. The van der Waals surface area contributed by atoms with E-state index >= 15 is 0 Å². The van der Waals surface area contributed by atoms with Crippen LogP contribution in [0.1, 0.15) is 33.0 Å². The molecule has 5 heteroatoms. The molecule has 1 rings (SSSR count). The van der Waals surface area contributed by atoms with Crippen LogP contribution in [-0.4, -0.2) is 41.6 Å². The van der Waals surface area contributed by atoms with Crippen LogP contribution in [0.4, 0.5) is 11.6 Å². The van der Waals surface area contributed by atoms with E-state index in [1.807, 2.05) is 17.8 Å². The van der Waals surface area contributed by atoms with E-state index in [9.17, 15) is 0 Å². The van der Waals surface area contributed by atoms with Crippen molar-refractivity contribution in [3.63, 3.8) is 0 Å². The zero-order valence-electron chi connectivity index (χ0n) is 12.7. The first-order chi connectivity index (χ1) is 9.12. The topological polar surface area (TPSA) is 41.0 Å². The Labute approximate surface area is 121 Å². The van der Waals surface area contributed by atoms with Gasteiger partial charge in [0.25, 0.3) is 0 Å². The molecule has 0 radical (unpaired) electrons. The van der Waals surface area contributed by atoms with Gasteiger partial charge in [-0.2, -0.15) is 11.8 Å². The summed E-state index contributed by atoms with van der Waals surface area (Å²) in [7, 11) is 2.11. The van der Waals surface area contributed by atoms with E-state index in [1.54, 1.807) is 0 Å². The molecule has 0 amide bonds.